The summed E-state index contributed by atoms with van der Waals surface area (Å²) in [5.41, 5.74) is -1.53. The smallest absolute Gasteiger partial charge is 0.453 e. The highest BCUT2D eigenvalue weighted by molar-refractivity contribution is 5.95. The van der Waals surface area contributed by atoms with E-state index in [1.54, 1.807) is 5.32 Å². The number of carbonyl (C=O) groups is 3. The Morgan fingerprint density at radius 3 is 2.29 bits per heavy atom. The Hall–Kier alpha value is -3.70. The number of benzene rings is 2. The van der Waals surface area contributed by atoms with Crippen LogP contribution in [0.3, 0.4) is 0 Å². The summed E-state index contributed by atoms with van der Waals surface area (Å²) in [5, 5.41) is 6.34. The first-order valence-corrected chi connectivity index (χ1v) is 10.0. The molecule has 3 amide bonds. The Bertz CT molecular complexity index is 1130. The lowest BCUT2D eigenvalue weighted by molar-refractivity contribution is -0.175. The maximum atomic E-state index is 14.9. The molecule has 0 heterocycles. The van der Waals surface area contributed by atoms with Gasteiger partial charge < -0.3 is 15.4 Å². The van der Waals surface area contributed by atoms with Gasteiger partial charge in [0.05, 0.1) is 18.8 Å². The van der Waals surface area contributed by atoms with Crippen LogP contribution in [-0.4, -0.2) is 36.7 Å². The lowest BCUT2D eigenvalue weighted by Crippen LogP contribution is -2.53. The molecule has 2 aromatic carbocycles. The summed E-state index contributed by atoms with van der Waals surface area (Å²) in [6, 6.07) is 6.77. The van der Waals surface area contributed by atoms with E-state index in [0.29, 0.717) is 0 Å². The van der Waals surface area contributed by atoms with E-state index >= 15 is 0 Å². The SMILES string of the molecule is COC(=O)Nc1c(F)cccc1-c1ccc([C@@H](C)NC(=O)C2(NC(=O)C(F)(F)F)CC2)c(F)c1. The zero-order valence-corrected chi connectivity index (χ0v) is 18.0. The van der Waals surface area contributed by atoms with Gasteiger partial charge in [0.25, 0.3) is 0 Å². The van der Waals surface area contributed by atoms with Crippen molar-refractivity contribution >= 4 is 23.6 Å². The van der Waals surface area contributed by atoms with E-state index in [0.717, 1.165) is 19.2 Å². The number of hydrogen-bond acceptors (Lipinski definition) is 4. The van der Waals surface area contributed by atoms with Crippen LogP contribution in [0.2, 0.25) is 0 Å². The average Bonchev–Trinajstić information content (AvgIpc) is 3.54. The molecule has 3 N–H and O–H groups in total. The Morgan fingerprint density at radius 1 is 1.06 bits per heavy atom. The first-order valence-electron chi connectivity index (χ1n) is 10.0. The van der Waals surface area contributed by atoms with Crippen molar-refractivity contribution in [3.8, 4) is 11.1 Å². The summed E-state index contributed by atoms with van der Waals surface area (Å²) in [5.74, 6) is -4.66. The van der Waals surface area contributed by atoms with E-state index < -0.39 is 47.3 Å². The van der Waals surface area contributed by atoms with Gasteiger partial charge in [-0.1, -0.05) is 24.3 Å². The fourth-order valence-corrected chi connectivity index (χ4v) is 3.33. The number of nitrogens with one attached hydrogen (secondary N) is 3. The number of ether oxygens (including phenoxy) is 1. The Labute approximate surface area is 190 Å². The molecule has 1 atom stereocenters. The first kappa shape index (κ1) is 24.9. The summed E-state index contributed by atoms with van der Waals surface area (Å²) in [6.45, 7) is 1.42. The fraction of sp³-hybridized carbons (Fsp3) is 0.318. The van der Waals surface area contributed by atoms with Gasteiger partial charge in [-0.2, -0.15) is 13.2 Å². The molecule has 0 unspecified atom stereocenters. The van der Waals surface area contributed by atoms with Gasteiger partial charge >= 0.3 is 18.2 Å². The number of hydrogen-bond donors (Lipinski definition) is 3. The number of alkyl halides is 3. The summed E-state index contributed by atoms with van der Waals surface area (Å²) >= 11 is 0. The molecular formula is C22H20F5N3O4. The van der Waals surface area contributed by atoms with Gasteiger partial charge in [-0.15, -0.1) is 0 Å². The largest absolute Gasteiger partial charge is 0.471 e. The molecular weight excluding hydrogens is 465 g/mol. The van der Waals surface area contributed by atoms with Crippen LogP contribution < -0.4 is 16.0 Å². The standard InChI is InChI=1S/C22H20F5N3O4/c1-11(28-18(31)21(8-9-21)30-19(32)22(25,26)27)13-7-6-12(10-16(13)24)14-4-3-5-15(23)17(14)29-20(33)34-2/h3-7,10-11H,8-9H2,1-2H3,(H,28,31)(H,29,33)(H,30,32)/t11-/m1/s1. The van der Waals surface area contributed by atoms with Gasteiger partial charge in [0, 0.05) is 11.1 Å². The second-order valence-corrected chi connectivity index (χ2v) is 7.74. The van der Waals surface area contributed by atoms with Crippen molar-refractivity contribution in [3.63, 3.8) is 0 Å². The Kier molecular flexibility index (Phi) is 6.80. The van der Waals surface area contributed by atoms with E-state index in [1.807, 2.05) is 0 Å². The van der Waals surface area contributed by atoms with E-state index in [-0.39, 0.29) is 35.2 Å². The van der Waals surface area contributed by atoms with Crippen molar-refractivity contribution in [1.29, 1.82) is 0 Å². The van der Waals surface area contributed by atoms with Crippen molar-refractivity contribution in [2.45, 2.75) is 37.5 Å². The molecule has 12 heteroatoms. The zero-order valence-electron chi connectivity index (χ0n) is 18.0. The average molecular weight is 485 g/mol. The van der Waals surface area contributed by atoms with Crippen LogP contribution in [0.15, 0.2) is 36.4 Å². The third-order valence-electron chi connectivity index (χ3n) is 5.35. The molecule has 7 nitrogen and oxygen atoms in total. The van der Waals surface area contributed by atoms with Crippen LogP contribution in [0, 0.1) is 11.6 Å². The predicted molar refractivity (Wildman–Crippen MR) is 111 cm³/mol. The third kappa shape index (κ3) is 5.26. The molecule has 1 aliphatic rings. The van der Waals surface area contributed by atoms with Crippen molar-refractivity contribution in [2.24, 2.45) is 0 Å². The number of rotatable bonds is 6. The molecule has 0 bridgehead atoms. The number of methoxy groups -OCH3 is 1. The highest BCUT2D eigenvalue weighted by Gasteiger charge is 2.55. The summed E-state index contributed by atoms with van der Waals surface area (Å²) in [7, 11) is 1.10. The second-order valence-electron chi connectivity index (χ2n) is 7.74. The molecule has 34 heavy (non-hydrogen) atoms. The topological polar surface area (TPSA) is 96.5 Å². The van der Waals surface area contributed by atoms with Crippen molar-refractivity contribution < 1.29 is 41.1 Å². The highest BCUT2D eigenvalue weighted by Crippen LogP contribution is 2.38. The van der Waals surface area contributed by atoms with Gasteiger partial charge in [-0.25, -0.2) is 13.6 Å². The maximum Gasteiger partial charge on any atom is 0.471 e. The molecule has 0 radical (unpaired) electrons. The number of carbonyl (C=O) groups excluding carboxylic acids is 3. The summed E-state index contributed by atoms with van der Waals surface area (Å²) in [6.07, 6.45) is -6.03. The minimum atomic E-state index is -5.14. The van der Waals surface area contributed by atoms with Gasteiger partial charge in [-0.05, 0) is 37.5 Å². The van der Waals surface area contributed by atoms with Gasteiger partial charge in [0.15, 0.2) is 0 Å². The quantitative estimate of drug-likeness (QED) is 0.535. The van der Waals surface area contributed by atoms with E-state index in [2.05, 4.69) is 15.4 Å². The number of para-hydroxylation sites is 1. The summed E-state index contributed by atoms with van der Waals surface area (Å²) < 4.78 is 71.2. The molecule has 0 aromatic heterocycles. The number of halogens is 5. The normalized spacial score (nSPS) is 15.1. The molecule has 0 saturated heterocycles. The maximum absolute atomic E-state index is 14.9. The Morgan fingerprint density at radius 2 is 1.74 bits per heavy atom. The van der Waals surface area contributed by atoms with Crippen LogP contribution >= 0.6 is 0 Å². The van der Waals surface area contributed by atoms with Crippen molar-refractivity contribution in [3.05, 3.63) is 53.6 Å². The summed E-state index contributed by atoms with van der Waals surface area (Å²) in [4.78, 5) is 35.2. The number of amides is 3. The van der Waals surface area contributed by atoms with E-state index in [9.17, 15) is 36.3 Å². The van der Waals surface area contributed by atoms with Crippen LogP contribution in [0.1, 0.15) is 31.4 Å². The minimum Gasteiger partial charge on any atom is -0.453 e. The van der Waals surface area contributed by atoms with Gasteiger partial charge in [0.1, 0.15) is 17.2 Å². The molecule has 1 fully saturated rings. The first-order chi connectivity index (χ1) is 15.9. The van der Waals surface area contributed by atoms with E-state index in [4.69, 9.17) is 0 Å². The lowest BCUT2D eigenvalue weighted by atomic mass is 9.99. The Balaban J connectivity index is 1.79. The van der Waals surface area contributed by atoms with E-state index in [1.165, 1.54) is 31.2 Å². The molecule has 1 aliphatic carbocycles. The lowest BCUT2D eigenvalue weighted by Gasteiger charge is -2.22. The third-order valence-corrected chi connectivity index (χ3v) is 5.35. The van der Waals surface area contributed by atoms with Crippen molar-refractivity contribution in [2.75, 3.05) is 12.4 Å². The van der Waals surface area contributed by atoms with Crippen LogP contribution in [0.4, 0.5) is 32.4 Å². The van der Waals surface area contributed by atoms with Gasteiger partial charge in [-0.3, -0.25) is 14.9 Å². The van der Waals surface area contributed by atoms with Gasteiger partial charge in [0.2, 0.25) is 5.91 Å². The molecule has 0 spiro atoms. The predicted octanol–water partition coefficient (Wildman–Crippen LogP) is 4.20. The van der Waals surface area contributed by atoms with Crippen LogP contribution in [-0.2, 0) is 14.3 Å². The second kappa shape index (κ2) is 9.27. The van der Waals surface area contributed by atoms with Crippen LogP contribution in [0.25, 0.3) is 11.1 Å². The van der Waals surface area contributed by atoms with Crippen molar-refractivity contribution in [1.82, 2.24) is 10.6 Å². The molecule has 182 valence electrons. The minimum absolute atomic E-state index is 0.00827. The molecule has 1 saturated carbocycles. The molecule has 3 rings (SSSR count). The highest BCUT2D eigenvalue weighted by atomic mass is 19.4. The molecule has 0 aliphatic heterocycles. The molecule has 2 aromatic rings. The fourth-order valence-electron chi connectivity index (χ4n) is 3.33. The number of anilines is 1. The monoisotopic (exact) mass is 485 g/mol. The zero-order chi connectivity index (χ0) is 25.3. The van der Waals surface area contributed by atoms with Crippen LogP contribution in [0.5, 0.6) is 0 Å².